The Balaban J connectivity index is 2.23. The lowest BCUT2D eigenvalue weighted by Gasteiger charge is -2.28. The van der Waals surface area contributed by atoms with Crippen molar-refractivity contribution in [3.63, 3.8) is 0 Å². The van der Waals surface area contributed by atoms with Crippen molar-refractivity contribution < 1.29 is 4.79 Å². The van der Waals surface area contributed by atoms with E-state index in [9.17, 15) is 4.79 Å². The minimum Gasteiger partial charge on any atom is -0.363 e. The molecule has 1 aromatic carbocycles. The van der Waals surface area contributed by atoms with Gasteiger partial charge in [0, 0.05) is 36.8 Å². The molecule has 21 heavy (non-hydrogen) atoms. The Morgan fingerprint density at radius 3 is 2.52 bits per heavy atom. The summed E-state index contributed by atoms with van der Waals surface area (Å²) in [4.78, 5) is 20.7. The second-order valence-electron chi connectivity index (χ2n) is 5.63. The molecule has 1 aliphatic rings. The molecule has 0 unspecified atom stereocenters. The number of halogens is 1. The van der Waals surface area contributed by atoms with Crippen molar-refractivity contribution in [1.29, 1.82) is 0 Å². The number of amides is 2. The van der Waals surface area contributed by atoms with Crippen LogP contribution in [0, 0.1) is 0 Å². The zero-order valence-electron chi connectivity index (χ0n) is 12.8. The highest BCUT2D eigenvalue weighted by Crippen LogP contribution is 2.21. The number of carbonyl (C=O) groups excluding carboxylic acids is 1. The van der Waals surface area contributed by atoms with Crippen molar-refractivity contribution in [2.24, 2.45) is 4.99 Å². The van der Waals surface area contributed by atoms with E-state index < -0.39 is 0 Å². The molecular weight excluding hydrogens is 286 g/mol. The Kier molecular flexibility index (Phi) is 5.23. The van der Waals surface area contributed by atoms with E-state index in [4.69, 9.17) is 11.6 Å². The van der Waals surface area contributed by atoms with Crippen LogP contribution in [0.25, 0.3) is 0 Å². The van der Waals surface area contributed by atoms with Crippen molar-refractivity contribution in [3.8, 4) is 0 Å². The van der Waals surface area contributed by atoms with Crippen LogP contribution in [0.5, 0.6) is 0 Å². The van der Waals surface area contributed by atoms with E-state index >= 15 is 0 Å². The van der Waals surface area contributed by atoms with Crippen LogP contribution in [-0.4, -0.2) is 36.4 Å². The summed E-state index contributed by atoms with van der Waals surface area (Å²) in [6.07, 6.45) is 3.13. The molecule has 1 heterocycles. The Labute approximate surface area is 131 Å². The molecule has 0 radical (unpaired) electrons. The lowest BCUT2D eigenvalue weighted by molar-refractivity contribution is 0.252. The molecule has 1 fully saturated rings. The van der Waals surface area contributed by atoms with Crippen LogP contribution in [0.1, 0.15) is 33.1 Å². The number of amidine groups is 1. The van der Waals surface area contributed by atoms with E-state index in [2.05, 4.69) is 9.89 Å². The van der Waals surface area contributed by atoms with Gasteiger partial charge in [0.25, 0.3) is 0 Å². The third kappa shape index (κ3) is 3.97. The quantitative estimate of drug-likeness (QED) is 0.821. The molecule has 0 bridgehead atoms. The fraction of sp³-hybridized carbons (Fsp3) is 0.500. The minimum absolute atomic E-state index is 0.0388. The van der Waals surface area contributed by atoms with E-state index in [1.807, 2.05) is 33.0 Å². The van der Waals surface area contributed by atoms with Crippen LogP contribution in [0.4, 0.5) is 10.5 Å². The van der Waals surface area contributed by atoms with Gasteiger partial charge in [-0.25, -0.2) is 4.79 Å². The van der Waals surface area contributed by atoms with E-state index in [0.29, 0.717) is 5.02 Å². The lowest BCUT2D eigenvalue weighted by atomic mass is 10.1. The average molecular weight is 308 g/mol. The highest BCUT2D eigenvalue weighted by Gasteiger charge is 2.21. The molecule has 0 N–H and O–H groups in total. The summed E-state index contributed by atoms with van der Waals surface area (Å²) in [7, 11) is 1.99. The molecule has 0 spiro atoms. The molecule has 0 aliphatic carbocycles. The third-order valence-electron chi connectivity index (χ3n) is 3.64. The highest BCUT2D eigenvalue weighted by atomic mass is 35.5. The smallest absolute Gasteiger partial charge is 0.349 e. The highest BCUT2D eigenvalue weighted by molar-refractivity contribution is 6.30. The first kappa shape index (κ1) is 15.8. The van der Waals surface area contributed by atoms with Gasteiger partial charge < -0.3 is 4.90 Å². The number of benzene rings is 1. The number of hydrogen-bond acceptors (Lipinski definition) is 1. The van der Waals surface area contributed by atoms with Crippen LogP contribution in [0.2, 0.25) is 5.02 Å². The monoisotopic (exact) mass is 307 g/mol. The van der Waals surface area contributed by atoms with Gasteiger partial charge in [-0.3, -0.25) is 4.90 Å². The van der Waals surface area contributed by atoms with Gasteiger partial charge in [-0.15, -0.1) is 0 Å². The summed E-state index contributed by atoms with van der Waals surface area (Å²) >= 11 is 5.91. The van der Waals surface area contributed by atoms with Crippen molar-refractivity contribution in [1.82, 2.24) is 4.90 Å². The molecule has 0 aromatic heterocycles. The van der Waals surface area contributed by atoms with Gasteiger partial charge >= 0.3 is 6.03 Å². The predicted octanol–water partition coefficient (Wildman–Crippen LogP) is 4.19. The van der Waals surface area contributed by atoms with Gasteiger partial charge in [0.05, 0.1) is 0 Å². The van der Waals surface area contributed by atoms with Crippen molar-refractivity contribution in [3.05, 3.63) is 29.3 Å². The molecule has 5 heteroatoms. The van der Waals surface area contributed by atoms with Crippen LogP contribution < -0.4 is 4.90 Å². The Hall–Kier alpha value is -1.55. The number of piperidine rings is 1. The van der Waals surface area contributed by atoms with Crippen molar-refractivity contribution in [2.45, 2.75) is 39.2 Å². The summed E-state index contributed by atoms with van der Waals surface area (Å²) in [5.74, 6) is 0.880. The molecule has 0 atom stereocenters. The zero-order chi connectivity index (χ0) is 15.4. The summed E-state index contributed by atoms with van der Waals surface area (Å²) < 4.78 is 0. The standard InChI is InChI=1S/C16H22ClN3O/c1-12(2)20(14-9-7-13(17)8-10-14)16(21)18-15-6-4-5-11-19(15)3/h7-10,12H,4-6,11H2,1-3H3. The first-order chi connectivity index (χ1) is 9.99. The zero-order valence-corrected chi connectivity index (χ0v) is 13.6. The Morgan fingerprint density at radius 2 is 1.95 bits per heavy atom. The predicted molar refractivity (Wildman–Crippen MR) is 88.4 cm³/mol. The largest absolute Gasteiger partial charge is 0.363 e. The van der Waals surface area contributed by atoms with Gasteiger partial charge in [-0.1, -0.05) is 11.6 Å². The second-order valence-corrected chi connectivity index (χ2v) is 6.07. The number of urea groups is 1. The maximum absolute atomic E-state index is 12.6. The molecular formula is C16H22ClN3O. The maximum Gasteiger partial charge on any atom is 0.349 e. The Morgan fingerprint density at radius 1 is 1.29 bits per heavy atom. The lowest BCUT2D eigenvalue weighted by Crippen LogP contribution is -2.38. The summed E-state index contributed by atoms with van der Waals surface area (Å²) in [5, 5.41) is 0.660. The summed E-state index contributed by atoms with van der Waals surface area (Å²) in [6, 6.07) is 7.11. The molecule has 4 nitrogen and oxygen atoms in total. The maximum atomic E-state index is 12.6. The number of rotatable bonds is 2. The Bertz CT molecular complexity index is 525. The van der Waals surface area contributed by atoms with Crippen LogP contribution >= 0.6 is 11.6 Å². The SMILES string of the molecule is CC(C)N(C(=O)N=C1CCCCN1C)c1ccc(Cl)cc1. The number of carbonyl (C=O) groups is 1. The molecule has 1 saturated heterocycles. The van der Waals surface area contributed by atoms with E-state index in [-0.39, 0.29) is 12.1 Å². The molecule has 2 rings (SSSR count). The number of likely N-dealkylation sites (tertiary alicyclic amines) is 1. The first-order valence-corrected chi connectivity index (χ1v) is 7.74. The molecule has 1 aliphatic heterocycles. The number of anilines is 1. The van der Waals surface area contributed by atoms with E-state index in [1.54, 1.807) is 17.0 Å². The number of hydrogen-bond donors (Lipinski definition) is 0. The topological polar surface area (TPSA) is 35.9 Å². The van der Waals surface area contributed by atoms with Crippen LogP contribution in [-0.2, 0) is 0 Å². The first-order valence-electron chi connectivity index (χ1n) is 7.36. The molecule has 1 aromatic rings. The van der Waals surface area contributed by atoms with Gasteiger partial charge in [-0.2, -0.15) is 4.99 Å². The fourth-order valence-corrected chi connectivity index (χ4v) is 2.61. The van der Waals surface area contributed by atoms with Gasteiger partial charge in [0.2, 0.25) is 0 Å². The number of aliphatic imine (C=N–C) groups is 1. The molecule has 114 valence electrons. The van der Waals surface area contributed by atoms with Crippen LogP contribution in [0.3, 0.4) is 0 Å². The van der Waals surface area contributed by atoms with Gasteiger partial charge in [0.15, 0.2) is 0 Å². The van der Waals surface area contributed by atoms with Gasteiger partial charge in [-0.05, 0) is 51.0 Å². The van der Waals surface area contributed by atoms with Gasteiger partial charge in [0.1, 0.15) is 5.84 Å². The van der Waals surface area contributed by atoms with Crippen molar-refractivity contribution >= 4 is 29.2 Å². The van der Waals surface area contributed by atoms with E-state index in [1.165, 1.54) is 0 Å². The fourth-order valence-electron chi connectivity index (χ4n) is 2.49. The average Bonchev–Trinajstić information content (AvgIpc) is 2.43. The molecule has 0 saturated carbocycles. The molecule has 2 amide bonds. The summed E-state index contributed by atoms with van der Waals surface area (Å²) in [5.41, 5.74) is 0.821. The normalized spacial score (nSPS) is 17.4. The number of nitrogens with zero attached hydrogens (tertiary/aromatic N) is 3. The minimum atomic E-state index is -0.212. The van der Waals surface area contributed by atoms with Crippen LogP contribution in [0.15, 0.2) is 29.3 Å². The van der Waals surface area contributed by atoms with Crippen molar-refractivity contribution in [2.75, 3.05) is 18.5 Å². The second kappa shape index (κ2) is 6.94. The summed E-state index contributed by atoms with van der Waals surface area (Å²) in [6.45, 7) is 4.93. The third-order valence-corrected chi connectivity index (χ3v) is 3.89. The van der Waals surface area contributed by atoms with E-state index in [0.717, 1.165) is 37.3 Å².